The summed E-state index contributed by atoms with van der Waals surface area (Å²) in [4.78, 5) is 5.55. The molecule has 0 aliphatic rings. The number of pyridine rings is 1. The quantitative estimate of drug-likeness (QED) is 0.729. The Kier molecular flexibility index (Phi) is 7.63. The molecule has 0 spiro atoms. The van der Waals surface area contributed by atoms with E-state index in [1.807, 2.05) is 6.92 Å². The second-order valence-electron chi connectivity index (χ2n) is 5.02. The van der Waals surface area contributed by atoms with Crippen LogP contribution in [0.25, 0.3) is 0 Å². The molecule has 2 N–H and O–H groups in total. The van der Waals surface area contributed by atoms with Crippen molar-refractivity contribution in [1.82, 2.24) is 15.2 Å². The second kappa shape index (κ2) is 8.96. The molecule has 0 radical (unpaired) electrons. The van der Waals surface area contributed by atoms with Crippen LogP contribution in [0.3, 0.4) is 0 Å². The molecule has 1 rings (SSSR count). The number of hydrogen-bond donors (Lipinski definition) is 2. The molecule has 0 bridgehead atoms. The maximum absolute atomic E-state index is 12.9. The van der Waals surface area contributed by atoms with E-state index in [9.17, 15) is 13.2 Å². The van der Waals surface area contributed by atoms with Crippen molar-refractivity contribution in [3.8, 4) is 0 Å². The molecule has 0 fully saturated rings. The molecule has 0 saturated carbocycles. The van der Waals surface area contributed by atoms with Crippen molar-refractivity contribution >= 4 is 0 Å². The lowest BCUT2D eigenvalue weighted by atomic mass is 9.97. The van der Waals surface area contributed by atoms with Crippen molar-refractivity contribution in [3.63, 3.8) is 0 Å². The van der Waals surface area contributed by atoms with Gasteiger partial charge in [-0.05, 0) is 25.1 Å². The lowest BCUT2D eigenvalue weighted by Crippen LogP contribution is -2.39. The smallest absolute Gasteiger partial charge is 0.251 e. The predicted octanol–water partition coefficient (Wildman–Crippen LogP) is 1.68. The molecule has 1 aromatic rings. The maximum atomic E-state index is 12.9. The van der Waals surface area contributed by atoms with Gasteiger partial charge in [-0.15, -0.1) is 0 Å². The van der Waals surface area contributed by atoms with Gasteiger partial charge in [0.2, 0.25) is 0 Å². The third kappa shape index (κ3) is 5.99. The molecule has 0 amide bonds. The summed E-state index contributed by atoms with van der Waals surface area (Å²) in [6.45, 7) is 1.94. The van der Waals surface area contributed by atoms with Crippen LogP contribution >= 0.6 is 0 Å². The topological polar surface area (TPSA) is 48.4 Å². The van der Waals surface area contributed by atoms with Crippen LogP contribution in [0.1, 0.15) is 18.7 Å². The summed E-state index contributed by atoms with van der Waals surface area (Å²) in [5.74, 6) is -0.445. The Balaban J connectivity index is 2.72. The number of hydrogen-bond acceptors (Lipinski definition) is 4. The molecule has 120 valence electrons. The largest absolute Gasteiger partial charge is 0.395 e. The summed E-state index contributed by atoms with van der Waals surface area (Å²) in [6.07, 6.45) is -1.31. The molecule has 0 aromatic carbocycles. The van der Waals surface area contributed by atoms with Gasteiger partial charge in [-0.25, -0.2) is 13.2 Å². The Morgan fingerprint density at radius 1 is 1.33 bits per heavy atom. The van der Waals surface area contributed by atoms with Crippen LogP contribution in [-0.2, 0) is 0 Å². The van der Waals surface area contributed by atoms with E-state index in [0.717, 1.165) is 6.20 Å². The molecule has 7 heteroatoms. The number of nitrogens with one attached hydrogen (secondary N) is 1. The van der Waals surface area contributed by atoms with Crippen molar-refractivity contribution in [3.05, 3.63) is 29.8 Å². The second-order valence-corrected chi connectivity index (χ2v) is 5.02. The van der Waals surface area contributed by atoms with Crippen LogP contribution in [-0.4, -0.2) is 54.7 Å². The van der Waals surface area contributed by atoms with Crippen LogP contribution in [0.15, 0.2) is 18.3 Å². The Labute approximate surface area is 123 Å². The fraction of sp³-hybridized carbons (Fsp3) is 0.643. The molecular weight excluding hydrogens is 283 g/mol. The highest BCUT2D eigenvalue weighted by atomic mass is 19.3. The lowest BCUT2D eigenvalue weighted by molar-refractivity contribution is 0.0677. The van der Waals surface area contributed by atoms with Gasteiger partial charge in [0.1, 0.15) is 5.82 Å². The Hall–Kier alpha value is -1.18. The van der Waals surface area contributed by atoms with Gasteiger partial charge in [-0.3, -0.25) is 9.88 Å². The van der Waals surface area contributed by atoms with Crippen LogP contribution in [0.4, 0.5) is 13.2 Å². The van der Waals surface area contributed by atoms with E-state index in [-0.39, 0.29) is 31.7 Å². The summed E-state index contributed by atoms with van der Waals surface area (Å²) in [5, 5.41) is 12.0. The van der Waals surface area contributed by atoms with Gasteiger partial charge in [0, 0.05) is 13.1 Å². The molecule has 0 aliphatic carbocycles. The minimum Gasteiger partial charge on any atom is -0.395 e. The van der Waals surface area contributed by atoms with Crippen molar-refractivity contribution in [2.45, 2.75) is 19.4 Å². The summed E-state index contributed by atoms with van der Waals surface area (Å²) < 4.78 is 37.9. The highest BCUT2D eigenvalue weighted by Gasteiger charge is 2.22. The first-order chi connectivity index (χ1) is 9.97. The summed E-state index contributed by atoms with van der Waals surface area (Å²) in [6, 6.07) is 2.73. The van der Waals surface area contributed by atoms with Crippen LogP contribution < -0.4 is 5.32 Å². The van der Waals surface area contributed by atoms with E-state index >= 15 is 0 Å². The van der Waals surface area contributed by atoms with E-state index in [1.165, 1.54) is 11.0 Å². The molecule has 2 unspecified atom stereocenters. The number of nitrogens with zero attached hydrogens (tertiary/aromatic N) is 2. The average Bonchev–Trinajstić information content (AvgIpc) is 2.41. The van der Waals surface area contributed by atoms with Gasteiger partial charge in [-0.1, -0.05) is 6.92 Å². The van der Waals surface area contributed by atoms with Crippen LogP contribution in [0.5, 0.6) is 0 Å². The summed E-state index contributed by atoms with van der Waals surface area (Å²) >= 11 is 0. The van der Waals surface area contributed by atoms with Gasteiger partial charge in [0.15, 0.2) is 0 Å². The molecular formula is C14H22F3N3O. The number of aromatic nitrogens is 1. The van der Waals surface area contributed by atoms with E-state index in [4.69, 9.17) is 5.11 Å². The van der Waals surface area contributed by atoms with E-state index in [1.54, 1.807) is 13.1 Å². The Morgan fingerprint density at radius 3 is 2.52 bits per heavy atom. The van der Waals surface area contributed by atoms with E-state index in [2.05, 4.69) is 10.3 Å². The first-order valence-corrected chi connectivity index (χ1v) is 6.88. The monoisotopic (exact) mass is 305 g/mol. The Morgan fingerprint density at radius 2 is 2.05 bits per heavy atom. The number of rotatable bonds is 9. The van der Waals surface area contributed by atoms with Crippen molar-refractivity contribution in [2.24, 2.45) is 5.92 Å². The SMILES string of the molecule is CNC(c1ccc(F)cn1)C(C)CN(CCO)CC(F)F. The van der Waals surface area contributed by atoms with E-state index in [0.29, 0.717) is 12.2 Å². The zero-order valence-corrected chi connectivity index (χ0v) is 12.3. The lowest BCUT2D eigenvalue weighted by Gasteiger charge is -2.29. The summed E-state index contributed by atoms with van der Waals surface area (Å²) in [7, 11) is 1.75. The summed E-state index contributed by atoms with van der Waals surface area (Å²) in [5.41, 5.74) is 0.660. The van der Waals surface area contributed by atoms with Crippen molar-refractivity contribution in [1.29, 1.82) is 0 Å². The normalized spacial score (nSPS) is 14.7. The average molecular weight is 305 g/mol. The fourth-order valence-corrected chi connectivity index (χ4v) is 2.40. The first kappa shape index (κ1) is 17.9. The third-order valence-corrected chi connectivity index (χ3v) is 3.31. The van der Waals surface area contributed by atoms with Gasteiger partial charge in [0.25, 0.3) is 6.43 Å². The van der Waals surface area contributed by atoms with Crippen LogP contribution in [0.2, 0.25) is 0 Å². The number of alkyl halides is 2. The third-order valence-electron chi connectivity index (χ3n) is 3.31. The van der Waals surface area contributed by atoms with E-state index < -0.39 is 12.2 Å². The highest BCUT2D eigenvalue weighted by Crippen LogP contribution is 2.21. The standard InChI is InChI=1S/C14H22F3N3O/c1-10(8-20(5-6-21)9-13(16)17)14(18-2)12-4-3-11(15)7-19-12/h3-4,7,10,13-14,18,21H,5-6,8-9H2,1-2H3. The van der Waals surface area contributed by atoms with Crippen LogP contribution in [0, 0.1) is 11.7 Å². The molecule has 0 saturated heterocycles. The predicted molar refractivity (Wildman–Crippen MR) is 74.7 cm³/mol. The number of aliphatic hydroxyl groups is 1. The Bertz CT molecular complexity index is 403. The van der Waals surface area contributed by atoms with Gasteiger partial charge in [-0.2, -0.15) is 0 Å². The molecule has 2 atom stereocenters. The molecule has 1 aromatic heterocycles. The molecule has 21 heavy (non-hydrogen) atoms. The zero-order chi connectivity index (χ0) is 15.8. The van der Waals surface area contributed by atoms with Gasteiger partial charge < -0.3 is 10.4 Å². The van der Waals surface area contributed by atoms with Gasteiger partial charge >= 0.3 is 0 Å². The zero-order valence-electron chi connectivity index (χ0n) is 12.3. The fourth-order valence-electron chi connectivity index (χ4n) is 2.40. The number of halogens is 3. The minimum absolute atomic E-state index is 0.0294. The first-order valence-electron chi connectivity index (χ1n) is 6.88. The van der Waals surface area contributed by atoms with Crippen molar-refractivity contribution < 1.29 is 18.3 Å². The molecule has 0 aliphatic heterocycles. The number of aliphatic hydroxyl groups excluding tert-OH is 1. The maximum Gasteiger partial charge on any atom is 0.251 e. The van der Waals surface area contributed by atoms with Gasteiger partial charge in [0.05, 0.1) is 31.1 Å². The molecule has 1 heterocycles. The highest BCUT2D eigenvalue weighted by molar-refractivity contribution is 5.10. The molecule has 4 nitrogen and oxygen atoms in total. The minimum atomic E-state index is -2.44. The van der Waals surface area contributed by atoms with Crippen molar-refractivity contribution in [2.75, 3.05) is 33.3 Å².